The molecule has 10 aromatic heterocycles. The first-order valence-electron chi connectivity index (χ1n) is 37.7. The zero-order valence-corrected chi connectivity index (χ0v) is 65.3. The number of nitrogen functional groups attached to an aromatic ring is 1. The summed E-state index contributed by atoms with van der Waals surface area (Å²) in [6.45, 7) is 37.2. The van der Waals surface area contributed by atoms with Crippen LogP contribution in [0.4, 0.5) is 27.8 Å². The molecule has 0 spiro atoms. The minimum atomic E-state index is -2.08. The second kappa shape index (κ2) is 34.2. The molecule has 0 unspecified atom stereocenters. The van der Waals surface area contributed by atoms with Crippen LogP contribution in [-0.4, -0.2) is 191 Å². The third-order valence-electron chi connectivity index (χ3n) is 20.6. The van der Waals surface area contributed by atoms with Gasteiger partial charge in [-0.3, -0.25) is 0 Å². The quantitative estimate of drug-likeness (QED) is 0.0754. The van der Waals surface area contributed by atoms with Crippen molar-refractivity contribution >= 4 is 34.1 Å². The minimum absolute atomic E-state index is 0.0826. The molecule has 20 atom stereocenters. The summed E-state index contributed by atoms with van der Waals surface area (Å²) in [5.41, 5.74) is 10.6. The third-order valence-corrected chi connectivity index (χ3v) is 20.6. The van der Waals surface area contributed by atoms with Gasteiger partial charge in [0, 0.05) is 29.6 Å². The lowest BCUT2D eigenvalue weighted by molar-refractivity contribution is -0.227. The summed E-state index contributed by atoms with van der Waals surface area (Å²) in [7, 11) is 0. The SMILES string of the molecule is CCOc1nc(C)nn2c([C@@H]3O[C@H](CC)[C@@H](C)[C@H]3F)cnc12.CCOc1nc(C)nn2c([C@@H]3O[C@H](CC)[C@@H](C)[C@H]3F)cnc12.CCOc1nc(C)nn2c([C@@H]3O[C@H](CC)[C@@H](C)[C@H]3F)cnc12.CCOc1nc(C)nn2c([C@]3(O)O[C@H](CC)[C@@H](C)[C@H]3F)cnc12.CC[C@H]1O[C@@H](c2cnc3c(N)nc(C)nn23)[C@H](F)[C@@H]1C. The first kappa shape index (κ1) is 81.2. The van der Waals surface area contributed by atoms with Gasteiger partial charge in [0.1, 0.15) is 83.9 Å². The number of fused-ring (bicyclic) bond motifs is 5. The number of anilines is 1. The van der Waals surface area contributed by atoms with Crippen LogP contribution in [0.2, 0.25) is 0 Å². The van der Waals surface area contributed by atoms with E-state index in [9.17, 15) is 27.1 Å². The first-order chi connectivity index (χ1) is 52.1. The van der Waals surface area contributed by atoms with Gasteiger partial charge in [-0.25, -0.2) is 74.4 Å². The lowest BCUT2D eigenvalue weighted by Gasteiger charge is -2.24. The van der Waals surface area contributed by atoms with Gasteiger partial charge in [0.05, 0.1) is 111 Å². The van der Waals surface area contributed by atoms with E-state index in [0.29, 0.717) is 137 Å². The van der Waals surface area contributed by atoms with E-state index in [-0.39, 0.29) is 65.7 Å². The van der Waals surface area contributed by atoms with Gasteiger partial charge >= 0.3 is 0 Å². The van der Waals surface area contributed by atoms with Crippen LogP contribution >= 0.6 is 0 Å². The molecule has 109 heavy (non-hydrogen) atoms. The van der Waals surface area contributed by atoms with Crippen LogP contribution < -0.4 is 24.7 Å². The van der Waals surface area contributed by atoms with E-state index in [2.05, 4.69) is 75.3 Å². The van der Waals surface area contributed by atoms with Crippen molar-refractivity contribution in [2.75, 3.05) is 32.2 Å². The van der Waals surface area contributed by atoms with Crippen molar-refractivity contribution < 1.29 is 69.7 Å². The zero-order valence-electron chi connectivity index (χ0n) is 65.3. The van der Waals surface area contributed by atoms with Crippen molar-refractivity contribution in [1.82, 2.24) is 97.9 Å². The van der Waals surface area contributed by atoms with Gasteiger partial charge in [0.2, 0.25) is 28.4 Å². The summed E-state index contributed by atoms with van der Waals surface area (Å²) in [6, 6.07) is 0. The van der Waals surface area contributed by atoms with Crippen molar-refractivity contribution in [2.45, 2.75) is 255 Å². The normalized spacial score (nSPS) is 29.3. The number of halogens is 5. The van der Waals surface area contributed by atoms with Crippen molar-refractivity contribution in [1.29, 1.82) is 0 Å². The lowest BCUT2D eigenvalue weighted by atomic mass is 9.95. The van der Waals surface area contributed by atoms with Crippen molar-refractivity contribution in [2.24, 2.45) is 29.6 Å². The molecule has 36 heteroatoms. The predicted octanol–water partition coefficient (Wildman–Crippen LogP) is 11.6. The monoisotopic (exact) mass is 1530 g/mol. The Morgan fingerprint density at radius 2 is 0.633 bits per heavy atom. The highest BCUT2D eigenvalue weighted by Crippen LogP contribution is 2.47. The smallest absolute Gasteiger partial charge is 0.261 e. The highest BCUT2D eigenvalue weighted by molar-refractivity contribution is 5.59. The fourth-order valence-corrected chi connectivity index (χ4v) is 14.7. The molecule has 0 bridgehead atoms. The van der Waals surface area contributed by atoms with Gasteiger partial charge in [0.15, 0.2) is 17.6 Å². The van der Waals surface area contributed by atoms with Crippen molar-refractivity contribution in [3.63, 3.8) is 0 Å². The van der Waals surface area contributed by atoms with E-state index >= 15 is 0 Å². The number of aliphatic hydroxyl groups is 1. The number of nitrogens with two attached hydrogens (primary N) is 1. The zero-order chi connectivity index (χ0) is 78.8. The lowest BCUT2D eigenvalue weighted by Crippen LogP contribution is -2.37. The number of alkyl halides is 5. The molecular weight excluding hydrogens is 1430 g/mol. The van der Waals surface area contributed by atoms with Crippen LogP contribution in [-0.2, 0) is 29.5 Å². The van der Waals surface area contributed by atoms with Crippen LogP contribution in [0.1, 0.15) is 211 Å². The van der Waals surface area contributed by atoms with Gasteiger partial charge in [-0.15, -0.1) is 0 Å². The Balaban J connectivity index is 0.000000135. The topological polar surface area (TPSA) is 345 Å². The summed E-state index contributed by atoms with van der Waals surface area (Å²) in [5, 5.41) is 32.4. The molecule has 5 aliphatic heterocycles. The maximum Gasteiger partial charge on any atom is 0.261 e. The Morgan fingerprint density at radius 1 is 0.376 bits per heavy atom. The Labute approximate surface area is 628 Å². The molecule has 15 heterocycles. The average Bonchev–Trinajstić information content (AvgIpc) is 1.60. The van der Waals surface area contributed by atoms with E-state index in [1.165, 1.54) is 10.7 Å². The van der Waals surface area contributed by atoms with E-state index in [0.717, 1.165) is 25.7 Å². The molecule has 0 amide bonds. The van der Waals surface area contributed by atoms with Gasteiger partial charge in [0.25, 0.3) is 23.5 Å². The molecular formula is C73H102F5N21O10. The van der Waals surface area contributed by atoms with Crippen LogP contribution in [0.3, 0.4) is 0 Å². The highest BCUT2D eigenvalue weighted by Gasteiger charge is 2.56. The fourth-order valence-electron chi connectivity index (χ4n) is 14.7. The average molecular weight is 1530 g/mol. The molecule has 0 aromatic carbocycles. The van der Waals surface area contributed by atoms with Crippen LogP contribution in [0.25, 0.3) is 28.2 Å². The number of aryl methyl sites for hydroxylation is 5. The highest BCUT2D eigenvalue weighted by atomic mass is 19.2. The van der Waals surface area contributed by atoms with Gasteiger partial charge in [-0.2, -0.15) is 45.4 Å². The Kier molecular flexibility index (Phi) is 25.5. The van der Waals surface area contributed by atoms with E-state index in [1.54, 1.807) is 84.4 Å². The number of hydrogen-bond donors (Lipinski definition) is 2. The number of aromatic nitrogens is 20. The van der Waals surface area contributed by atoms with Gasteiger partial charge in [-0.05, 0) is 94.4 Å². The van der Waals surface area contributed by atoms with Crippen molar-refractivity contribution in [3.8, 4) is 23.5 Å². The number of hydrogen-bond acceptors (Lipinski definition) is 26. The van der Waals surface area contributed by atoms with Gasteiger partial charge < -0.3 is 53.5 Å². The molecule has 0 aliphatic carbocycles. The maximum atomic E-state index is 14.8. The molecule has 15 rings (SSSR count). The predicted molar refractivity (Wildman–Crippen MR) is 388 cm³/mol. The van der Waals surface area contributed by atoms with Crippen LogP contribution in [0.15, 0.2) is 31.0 Å². The molecule has 3 N–H and O–H groups in total. The van der Waals surface area contributed by atoms with Crippen molar-refractivity contribution in [3.05, 3.63) is 88.6 Å². The molecule has 0 radical (unpaired) electrons. The molecule has 10 aromatic rings. The first-order valence-corrected chi connectivity index (χ1v) is 37.7. The summed E-state index contributed by atoms with van der Waals surface area (Å²) in [6.07, 6.45) is 2.32. The standard InChI is InChI=1S/C15H21FN4O3.3C15H21FN4O2.C13H18FN5O/c1-5-10-8(3)12(16)15(21,23-10)11-7-17-13-14(22-6-2)18-9(4)19-20(11)13;3*1-5-11-8(3)12(16)13(22-11)10-7-17-14-15(21-6-2)18-9(4)19-20(10)14;1-4-9-6(2)10(14)11(20-9)8-5-16-13-12(15)17-7(3)18-19(8)13/h7-8,10,12,21H,5-6H2,1-4H3;3*7-8,11-13H,5-6H2,1-4H3;5-6,9-11H,4H2,1-3H3,(H2,15,17,18)/t8-,10-,12-,15+;3*8-,11-,12-,13+;6-,9-,10-,11+/m11111/s1. The second-order valence-electron chi connectivity index (χ2n) is 27.9. The molecule has 0 saturated carbocycles. The van der Waals surface area contributed by atoms with E-state index in [4.69, 9.17) is 48.4 Å². The third kappa shape index (κ3) is 15.8. The summed E-state index contributed by atoms with van der Waals surface area (Å²) in [5.74, 6) is 1.32. The van der Waals surface area contributed by atoms with Crippen LogP contribution in [0, 0.1) is 64.2 Å². The molecule has 5 saturated heterocycles. The van der Waals surface area contributed by atoms with Gasteiger partial charge in [-0.1, -0.05) is 69.2 Å². The number of rotatable bonds is 18. The molecule has 594 valence electrons. The summed E-state index contributed by atoms with van der Waals surface area (Å²) < 4.78 is 132. The Hall–Kier alpha value is -8.84. The van der Waals surface area contributed by atoms with E-state index < -0.39 is 67.0 Å². The number of imidazole rings is 5. The minimum Gasteiger partial charge on any atom is -0.475 e. The fraction of sp³-hybridized carbons (Fsp3) is 0.658. The maximum absolute atomic E-state index is 14.8. The van der Waals surface area contributed by atoms with Crippen LogP contribution in [0.5, 0.6) is 23.5 Å². The Bertz CT molecular complexity index is 4470. The summed E-state index contributed by atoms with van der Waals surface area (Å²) >= 11 is 0. The Morgan fingerprint density at radius 3 is 0.908 bits per heavy atom. The largest absolute Gasteiger partial charge is 0.475 e. The van der Waals surface area contributed by atoms with E-state index in [1.807, 2.05) is 90.0 Å². The second-order valence-corrected chi connectivity index (χ2v) is 27.9. The number of nitrogens with zero attached hydrogens (tertiary/aromatic N) is 20. The summed E-state index contributed by atoms with van der Waals surface area (Å²) in [4.78, 5) is 42.2. The number of ether oxygens (including phenoxy) is 9. The molecule has 31 nitrogen and oxygen atoms in total. The molecule has 5 fully saturated rings. The molecule has 5 aliphatic rings.